The van der Waals surface area contributed by atoms with Crippen molar-refractivity contribution in [2.24, 2.45) is 5.92 Å². The van der Waals surface area contributed by atoms with Gasteiger partial charge in [-0.3, -0.25) is 19.7 Å². The molecule has 2 aromatic carbocycles. The largest absolute Gasteiger partial charge is 0.342 e. The first kappa shape index (κ1) is 26.9. The Labute approximate surface area is 214 Å². The van der Waals surface area contributed by atoms with E-state index in [1.165, 1.54) is 36.0 Å². The molecule has 190 valence electrons. The summed E-state index contributed by atoms with van der Waals surface area (Å²) < 4.78 is 1.87. The van der Waals surface area contributed by atoms with E-state index in [4.69, 9.17) is 0 Å². The standard InChI is InChI=1S/C25H30N6O4S/c1-6-30-23(22(15(2)3)27-24(33)18-8-7-9-19(13-18)31(34)35)28-29-25(30)36-14-21(32)26-20-11-10-16(4)12-17(20)5/h7-13,15,22H,6,14H2,1-5H3,(H,26,32)(H,27,33)/t22-/m0/s1. The zero-order valence-corrected chi connectivity index (χ0v) is 21.8. The van der Waals surface area contributed by atoms with Crippen LogP contribution in [0.15, 0.2) is 47.6 Å². The number of rotatable bonds is 10. The number of aromatic nitrogens is 3. The minimum absolute atomic E-state index is 0.0344. The summed E-state index contributed by atoms with van der Waals surface area (Å²) in [5.41, 5.74) is 2.92. The van der Waals surface area contributed by atoms with Crippen LogP contribution < -0.4 is 10.6 Å². The van der Waals surface area contributed by atoms with Crippen LogP contribution in [0.3, 0.4) is 0 Å². The lowest BCUT2D eigenvalue weighted by Crippen LogP contribution is -2.33. The Morgan fingerprint density at radius 1 is 1.14 bits per heavy atom. The van der Waals surface area contributed by atoms with E-state index in [0.29, 0.717) is 17.5 Å². The van der Waals surface area contributed by atoms with E-state index in [0.717, 1.165) is 16.8 Å². The van der Waals surface area contributed by atoms with Gasteiger partial charge >= 0.3 is 0 Å². The van der Waals surface area contributed by atoms with Crippen LogP contribution in [0.2, 0.25) is 0 Å². The highest BCUT2D eigenvalue weighted by molar-refractivity contribution is 7.99. The predicted octanol–water partition coefficient (Wildman–Crippen LogP) is 4.68. The lowest BCUT2D eigenvalue weighted by atomic mass is 10.0. The molecule has 11 heteroatoms. The highest BCUT2D eigenvalue weighted by Crippen LogP contribution is 2.26. The van der Waals surface area contributed by atoms with Crippen molar-refractivity contribution in [3.63, 3.8) is 0 Å². The van der Waals surface area contributed by atoms with Crippen molar-refractivity contribution in [3.05, 3.63) is 75.1 Å². The van der Waals surface area contributed by atoms with Crippen molar-refractivity contribution in [1.29, 1.82) is 0 Å². The SMILES string of the molecule is CCn1c(SCC(=O)Nc2ccc(C)cc2C)nnc1[C@@H](NC(=O)c1cccc([N+](=O)[O-])c1)C(C)C. The topological polar surface area (TPSA) is 132 Å². The third kappa shape index (κ3) is 6.48. The maximum Gasteiger partial charge on any atom is 0.270 e. The van der Waals surface area contributed by atoms with Crippen molar-refractivity contribution in [2.45, 2.75) is 52.4 Å². The predicted molar refractivity (Wildman–Crippen MR) is 139 cm³/mol. The lowest BCUT2D eigenvalue weighted by Gasteiger charge is -2.22. The van der Waals surface area contributed by atoms with E-state index in [1.807, 2.05) is 57.4 Å². The van der Waals surface area contributed by atoms with Crippen LogP contribution in [0.1, 0.15) is 54.1 Å². The molecule has 0 saturated heterocycles. The zero-order valence-electron chi connectivity index (χ0n) is 20.9. The molecule has 2 N–H and O–H groups in total. The van der Waals surface area contributed by atoms with E-state index < -0.39 is 16.9 Å². The molecule has 0 spiro atoms. The number of thioether (sulfide) groups is 1. The molecular formula is C25H30N6O4S. The van der Waals surface area contributed by atoms with Crippen LogP contribution in [-0.2, 0) is 11.3 Å². The molecule has 0 aliphatic carbocycles. The fourth-order valence-electron chi connectivity index (χ4n) is 3.72. The molecule has 0 radical (unpaired) electrons. The minimum atomic E-state index is -0.537. The second-order valence-electron chi connectivity index (χ2n) is 8.74. The first-order valence-corrected chi connectivity index (χ1v) is 12.6. The first-order chi connectivity index (χ1) is 17.1. The number of carbonyl (C=O) groups is 2. The van der Waals surface area contributed by atoms with Crippen molar-refractivity contribution < 1.29 is 14.5 Å². The summed E-state index contributed by atoms with van der Waals surface area (Å²) in [6, 6.07) is 10.9. The van der Waals surface area contributed by atoms with Gasteiger partial charge in [0.15, 0.2) is 11.0 Å². The molecule has 0 unspecified atom stereocenters. The van der Waals surface area contributed by atoms with Gasteiger partial charge < -0.3 is 15.2 Å². The summed E-state index contributed by atoms with van der Waals surface area (Å²) in [6.07, 6.45) is 0. The van der Waals surface area contributed by atoms with E-state index in [9.17, 15) is 19.7 Å². The Balaban J connectivity index is 1.73. The van der Waals surface area contributed by atoms with Crippen LogP contribution in [0, 0.1) is 29.9 Å². The third-order valence-corrected chi connectivity index (χ3v) is 6.57. The molecular weight excluding hydrogens is 480 g/mol. The van der Waals surface area contributed by atoms with Crippen molar-refractivity contribution in [3.8, 4) is 0 Å². The number of nitrogens with one attached hydrogen (secondary N) is 2. The van der Waals surface area contributed by atoms with E-state index in [-0.39, 0.29) is 28.8 Å². The normalized spacial score (nSPS) is 11.8. The first-order valence-electron chi connectivity index (χ1n) is 11.6. The molecule has 0 aliphatic heterocycles. The van der Waals surface area contributed by atoms with Gasteiger partial charge in [-0.2, -0.15) is 0 Å². The fourth-order valence-corrected chi connectivity index (χ4v) is 4.53. The van der Waals surface area contributed by atoms with Crippen LogP contribution in [-0.4, -0.2) is 37.3 Å². The van der Waals surface area contributed by atoms with E-state index in [1.54, 1.807) is 0 Å². The number of nitro groups is 1. The van der Waals surface area contributed by atoms with Crippen LogP contribution in [0.25, 0.3) is 0 Å². The van der Waals surface area contributed by atoms with Gasteiger partial charge in [-0.05, 0) is 44.4 Å². The highest BCUT2D eigenvalue weighted by atomic mass is 32.2. The number of nitro benzene ring substituents is 1. The molecule has 0 saturated carbocycles. The summed E-state index contributed by atoms with van der Waals surface area (Å²) in [5.74, 6) is 0.0812. The number of aryl methyl sites for hydroxylation is 2. The number of amides is 2. The Morgan fingerprint density at radius 2 is 1.89 bits per heavy atom. The van der Waals surface area contributed by atoms with Crippen LogP contribution >= 0.6 is 11.8 Å². The number of hydrogen-bond acceptors (Lipinski definition) is 7. The van der Waals surface area contributed by atoms with Gasteiger partial charge in [0.25, 0.3) is 11.6 Å². The van der Waals surface area contributed by atoms with Gasteiger partial charge in [-0.15, -0.1) is 10.2 Å². The molecule has 3 aromatic rings. The summed E-state index contributed by atoms with van der Waals surface area (Å²) in [6.45, 7) is 10.3. The maximum absolute atomic E-state index is 12.9. The summed E-state index contributed by atoms with van der Waals surface area (Å²) in [7, 11) is 0. The van der Waals surface area contributed by atoms with Crippen molar-refractivity contribution in [1.82, 2.24) is 20.1 Å². The van der Waals surface area contributed by atoms with Gasteiger partial charge in [-0.25, -0.2) is 0 Å². The number of benzene rings is 2. The number of nitrogens with zero attached hydrogens (tertiary/aromatic N) is 4. The molecule has 2 amide bonds. The molecule has 0 fully saturated rings. The quantitative estimate of drug-likeness (QED) is 0.230. The molecule has 1 atom stereocenters. The summed E-state index contributed by atoms with van der Waals surface area (Å²) in [4.78, 5) is 36.0. The number of hydrogen-bond donors (Lipinski definition) is 2. The summed E-state index contributed by atoms with van der Waals surface area (Å²) >= 11 is 1.27. The summed E-state index contributed by atoms with van der Waals surface area (Å²) in [5, 5.41) is 26.1. The molecule has 0 aliphatic rings. The molecule has 1 heterocycles. The molecule has 10 nitrogen and oxygen atoms in total. The molecule has 36 heavy (non-hydrogen) atoms. The minimum Gasteiger partial charge on any atom is -0.342 e. The number of carbonyl (C=O) groups excluding carboxylic acids is 2. The van der Waals surface area contributed by atoms with Gasteiger partial charge in [0.1, 0.15) is 0 Å². The average Bonchev–Trinajstić information content (AvgIpc) is 3.25. The molecule has 0 bridgehead atoms. The van der Waals surface area contributed by atoms with Crippen molar-refractivity contribution in [2.75, 3.05) is 11.1 Å². The number of anilines is 1. The van der Waals surface area contributed by atoms with Gasteiger partial charge in [-0.1, -0.05) is 49.4 Å². The average molecular weight is 511 g/mol. The van der Waals surface area contributed by atoms with Gasteiger partial charge in [0.05, 0.1) is 16.7 Å². The van der Waals surface area contributed by atoms with Crippen molar-refractivity contribution >= 4 is 35.0 Å². The molecule has 3 rings (SSSR count). The highest BCUT2D eigenvalue weighted by Gasteiger charge is 2.26. The Morgan fingerprint density at radius 3 is 2.53 bits per heavy atom. The van der Waals surface area contributed by atoms with Gasteiger partial charge in [0, 0.05) is 29.9 Å². The van der Waals surface area contributed by atoms with Crippen LogP contribution in [0.4, 0.5) is 11.4 Å². The second-order valence-corrected chi connectivity index (χ2v) is 9.69. The monoisotopic (exact) mass is 510 g/mol. The Kier molecular flexibility index (Phi) is 8.81. The fraction of sp³-hybridized carbons (Fsp3) is 0.360. The van der Waals surface area contributed by atoms with E-state index in [2.05, 4.69) is 20.8 Å². The zero-order chi connectivity index (χ0) is 26.4. The molecule has 1 aromatic heterocycles. The second kappa shape index (κ2) is 11.8. The third-order valence-electron chi connectivity index (χ3n) is 5.60. The van der Waals surface area contributed by atoms with E-state index >= 15 is 0 Å². The lowest BCUT2D eigenvalue weighted by molar-refractivity contribution is -0.384. The Hall–Kier alpha value is -3.73. The Bertz CT molecular complexity index is 1270. The number of non-ortho nitro benzene ring substituents is 1. The smallest absolute Gasteiger partial charge is 0.270 e. The van der Waals surface area contributed by atoms with Crippen LogP contribution in [0.5, 0.6) is 0 Å². The maximum atomic E-state index is 12.9. The van der Waals surface area contributed by atoms with Gasteiger partial charge in [0.2, 0.25) is 5.91 Å².